The molecule has 212 valence electrons. The van der Waals surface area contributed by atoms with Gasteiger partial charge in [0.15, 0.2) is 9.89 Å². The van der Waals surface area contributed by atoms with Crippen molar-refractivity contribution in [3.63, 3.8) is 0 Å². The number of aromatic nitrogens is 5. The first-order valence-electron chi connectivity index (χ1n) is 12.6. The molecule has 2 aromatic carbocycles. The fraction of sp³-hybridized carbons (Fsp3) is 0.143. The molecule has 1 atom stereocenters. The molecule has 0 N–H and O–H groups in total. The Morgan fingerprint density at radius 3 is 2.74 bits per heavy atom. The van der Waals surface area contributed by atoms with E-state index in [0.29, 0.717) is 41.6 Å². The van der Waals surface area contributed by atoms with Gasteiger partial charge in [-0.1, -0.05) is 64.9 Å². The summed E-state index contributed by atoms with van der Waals surface area (Å²) in [5.74, 6) is -0.139. The Bertz CT molecular complexity index is 2030. The van der Waals surface area contributed by atoms with Crippen LogP contribution in [-0.2, 0) is 9.53 Å². The SMILES string of the molecule is CCOC(=O)C1=C(C)N=c2s/c(=C\c3ccc(Sc4nnnn4-c4ccccc4)o3)c(=O)n2[C@H]1c1cccc(Cl)c1Cl. The third kappa shape index (κ3) is 5.22. The van der Waals surface area contributed by atoms with Gasteiger partial charge in [0.2, 0.25) is 5.16 Å². The number of tetrazole rings is 1. The van der Waals surface area contributed by atoms with Gasteiger partial charge in [-0.2, -0.15) is 4.68 Å². The lowest BCUT2D eigenvalue weighted by Gasteiger charge is -2.25. The van der Waals surface area contributed by atoms with Crippen LogP contribution in [0, 0.1) is 0 Å². The molecule has 0 aliphatic carbocycles. The van der Waals surface area contributed by atoms with Crippen molar-refractivity contribution in [2.45, 2.75) is 30.1 Å². The van der Waals surface area contributed by atoms with E-state index >= 15 is 0 Å². The van der Waals surface area contributed by atoms with E-state index in [4.69, 9.17) is 32.4 Å². The van der Waals surface area contributed by atoms with Crippen molar-refractivity contribution in [1.29, 1.82) is 0 Å². The van der Waals surface area contributed by atoms with Gasteiger partial charge < -0.3 is 9.15 Å². The fourth-order valence-corrected chi connectivity index (χ4v) is 6.67. The summed E-state index contributed by atoms with van der Waals surface area (Å²) in [4.78, 5) is 31.9. The second-order valence-corrected chi connectivity index (χ2v) is 11.7. The summed E-state index contributed by atoms with van der Waals surface area (Å²) in [6.07, 6.45) is 1.63. The van der Waals surface area contributed by atoms with Crippen molar-refractivity contribution in [3.05, 3.63) is 113 Å². The van der Waals surface area contributed by atoms with E-state index in [2.05, 4.69) is 20.5 Å². The van der Waals surface area contributed by atoms with Crippen LogP contribution in [0.15, 0.2) is 96.4 Å². The second-order valence-electron chi connectivity index (χ2n) is 8.91. The van der Waals surface area contributed by atoms with Gasteiger partial charge in [0, 0.05) is 11.6 Å². The Labute approximate surface area is 256 Å². The maximum atomic E-state index is 13.8. The molecule has 1 aliphatic heterocycles. The highest BCUT2D eigenvalue weighted by Crippen LogP contribution is 2.37. The van der Waals surface area contributed by atoms with Crippen LogP contribution in [0.2, 0.25) is 10.0 Å². The number of benzene rings is 2. The number of nitrogens with zero attached hydrogens (tertiary/aromatic N) is 6. The van der Waals surface area contributed by atoms with Crippen molar-refractivity contribution in [1.82, 2.24) is 24.8 Å². The number of hydrogen-bond acceptors (Lipinski definition) is 10. The zero-order valence-electron chi connectivity index (χ0n) is 22.0. The number of carbonyl (C=O) groups is 1. The first-order valence-corrected chi connectivity index (χ1v) is 15.0. The predicted molar refractivity (Wildman–Crippen MR) is 159 cm³/mol. The van der Waals surface area contributed by atoms with E-state index in [1.165, 1.54) is 27.7 Å². The Morgan fingerprint density at radius 1 is 1.14 bits per heavy atom. The van der Waals surface area contributed by atoms with E-state index in [1.807, 2.05) is 30.3 Å². The Morgan fingerprint density at radius 2 is 1.95 bits per heavy atom. The lowest BCUT2D eigenvalue weighted by molar-refractivity contribution is -0.139. The number of esters is 1. The van der Waals surface area contributed by atoms with Gasteiger partial charge in [0.25, 0.3) is 5.56 Å². The van der Waals surface area contributed by atoms with E-state index in [9.17, 15) is 9.59 Å². The Kier molecular flexibility index (Phi) is 7.86. The monoisotopic (exact) mass is 638 g/mol. The minimum Gasteiger partial charge on any atom is -0.463 e. The zero-order chi connectivity index (χ0) is 29.4. The predicted octanol–water partition coefficient (Wildman–Crippen LogP) is 4.83. The average molecular weight is 640 g/mol. The number of ether oxygens (including phenoxy) is 1. The number of halogens is 2. The molecule has 0 fully saturated rings. The number of fused-ring (bicyclic) bond motifs is 1. The number of para-hydroxylation sites is 1. The van der Waals surface area contributed by atoms with E-state index in [-0.39, 0.29) is 22.8 Å². The minimum absolute atomic E-state index is 0.159. The topological polar surface area (TPSA) is 117 Å². The largest absolute Gasteiger partial charge is 0.463 e. The molecule has 4 heterocycles. The smallest absolute Gasteiger partial charge is 0.338 e. The molecule has 3 aromatic heterocycles. The molecule has 0 saturated carbocycles. The van der Waals surface area contributed by atoms with Crippen molar-refractivity contribution in [3.8, 4) is 5.69 Å². The molecule has 1 aliphatic rings. The summed E-state index contributed by atoms with van der Waals surface area (Å²) >= 11 is 15.3. The molecule has 42 heavy (non-hydrogen) atoms. The van der Waals surface area contributed by atoms with E-state index < -0.39 is 12.0 Å². The minimum atomic E-state index is -0.881. The van der Waals surface area contributed by atoms with Crippen molar-refractivity contribution in [2.24, 2.45) is 4.99 Å². The molecule has 5 aromatic rings. The molecule has 0 radical (unpaired) electrons. The van der Waals surface area contributed by atoms with Crippen LogP contribution in [0.4, 0.5) is 0 Å². The molecule has 0 bridgehead atoms. The lowest BCUT2D eigenvalue weighted by atomic mass is 9.96. The summed E-state index contributed by atoms with van der Waals surface area (Å²) < 4.78 is 14.7. The van der Waals surface area contributed by atoms with Gasteiger partial charge in [-0.05, 0) is 66.4 Å². The summed E-state index contributed by atoms with van der Waals surface area (Å²) in [6.45, 7) is 3.57. The van der Waals surface area contributed by atoms with Crippen LogP contribution in [0.5, 0.6) is 0 Å². The van der Waals surface area contributed by atoms with Crippen LogP contribution in [0.3, 0.4) is 0 Å². The van der Waals surface area contributed by atoms with Crippen molar-refractivity contribution >= 4 is 58.3 Å². The highest BCUT2D eigenvalue weighted by atomic mass is 35.5. The molecule has 0 amide bonds. The van der Waals surface area contributed by atoms with Gasteiger partial charge in [0.1, 0.15) is 11.8 Å². The van der Waals surface area contributed by atoms with E-state index in [0.717, 1.165) is 5.69 Å². The summed E-state index contributed by atoms with van der Waals surface area (Å²) in [5.41, 5.74) is 1.57. The molecular formula is C28H20Cl2N6O4S2. The Balaban J connectivity index is 1.39. The van der Waals surface area contributed by atoms with E-state index in [1.54, 1.807) is 54.9 Å². The Hall–Kier alpha value is -3.97. The summed E-state index contributed by atoms with van der Waals surface area (Å²) in [7, 11) is 0. The third-order valence-corrected chi connectivity index (χ3v) is 8.98. The van der Waals surface area contributed by atoms with Crippen LogP contribution in [-0.4, -0.2) is 37.4 Å². The van der Waals surface area contributed by atoms with Gasteiger partial charge in [0.05, 0.1) is 38.1 Å². The standard InChI is InChI=1S/C28H20Cl2N6O4S2/c1-3-39-26(38)22-15(2)31-27-35(24(22)18-10-7-11-19(29)23(18)30)25(37)20(41-27)14-17-12-13-21(40-17)42-28-32-33-34-36(28)16-8-5-4-6-9-16/h4-14,24H,3H2,1-2H3/b20-14-/t24-/m0/s1. The lowest BCUT2D eigenvalue weighted by Crippen LogP contribution is -2.40. The molecule has 0 unspecified atom stereocenters. The maximum Gasteiger partial charge on any atom is 0.338 e. The molecular weight excluding hydrogens is 619 g/mol. The fourth-order valence-electron chi connectivity index (χ4n) is 4.48. The summed E-state index contributed by atoms with van der Waals surface area (Å²) in [5, 5.41) is 13.5. The van der Waals surface area contributed by atoms with Crippen LogP contribution in [0.1, 0.15) is 31.2 Å². The van der Waals surface area contributed by atoms with Crippen LogP contribution in [0.25, 0.3) is 11.8 Å². The normalized spacial score (nSPS) is 15.0. The molecule has 0 saturated heterocycles. The first kappa shape index (κ1) is 28.2. The number of hydrogen-bond donors (Lipinski definition) is 0. The van der Waals surface area contributed by atoms with Gasteiger partial charge in [-0.3, -0.25) is 9.36 Å². The zero-order valence-corrected chi connectivity index (χ0v) is 25.2. The molecule has 14 heteroatoms. The summed E-state index contributed by atoms with van der Waals surface area (Å²) in [6, 6.07) is 17.2. The number of thiazole rings is 1. The highest BCUT2D eigenvalue weighted by molar-refractivity contribution is 7.99. The quantitative estimate of drug-likeness (QED) is 0.233. The van der Waals surface area contributed by atoms with Gasteiger partial charge in [-0.15, -0.1) is 5.10 Å². The van der Waals surface area contributed by atoms with Crippen molar-refractivity contribution in [2.75, 3.05) is 6.61 Å². The van der Waals surface area contributed by atoms with Crippen LogP contribution >= 0.6 is 46.3 Å². The molecule has 6 rings (SSSR count). The highest BCUT2D eigenvalue weighted by Gasteiger charge is 2.35. The maximum absolute atomic E-state index is 13.8. The number of furan rings is 1. The van der Waals surface area contributed by atoms with Crippen LogP contribution < -0.4 is 14.9 Å². The number of rotatable bonds is 7. The number of allylic oxidation sites excluding steroid dienone is 1. The second kappa shape index (κ2) is 11.7. The first-order chi connectivity index (χ1) is 20.4. The molecule has 10 nitrogen and oxygen atoms in total. The van der Waals surface area contributed by atoms with Crippen molar-refractivity contribution < 1.29 is 13.9 Å². The van der Waals surface area contributed by atoms with Gasteiger partial charge >= 0.3 is 5.97 Å². The molecule has 0 spiro atoms. The average Bonchev–Trinajstić information content (AvgIpc) is 3.70. The third-order valence-electron chi connectivity index (χ3n) is 6.30. The number of carbonyl (C=O) groups excluding carboxylic acids is 1. The van der Waals surface area contributed by atoms with Gasteiger partial charge in [-0.25, -0.2) is 9.79 Å².